The summed E-state index contributed by atoms with van der Waals surface area (Å²) < 4.78 is 11.6. The van der Waals surface area contributed by atoms with Gasteiger partial charge in [0.2, 0.25) is 0 Å². The Labute approximate surface area is 127 Å². The highest BCUT2D eigenvalue weighted by molar-refractivity contribution is 6.84. The van der Waals surface area contributed by atoms with Gasteiger partial charge in [-0.3, -0.25) is 0 Å². The molecule has 0 aliphatic heterocycles. The molecule has 0 N–H and O–H groups in total. The number of carbonyl (C=O) groups excluding carboxylic acids is 1. The van der Waals surface area contributed by atoms with Gasteiger partial charge in [0.25, 0.3) is 0 Å². The summed E-state index contributed by atoms with van der Waals surface area (Å²) in [6.07, 6.45) is 0.879. The summed E-state index contributed by atoms with van der Waals surface area (Å²) in [5.41, 5.74) is 0.461. The molecule has 0 aliphatic carbocycles. The zero-order chi connectivity index (χ0) is 16.0. The molecular weight excluding hydrogens is 284 g/mol. The van der Waals surface area contributed by atoms with Crippen LogP contribution in [0.15, 0.2) is 12.2 Å². The van der Waals surface area contributed by atoms with Crippen LogP contribution in [-0.2, 0) is 13.6 Å². The lowest BCUT2D eigenvalue weighted by atomic mass is 10.3. The lowest BCUT2D eigenvalue weighted by Gasteiger charge is -2.35. The molecule has 0 amide bonds. The topological polar surface area (TPSA) is 35.5 Å². The fraction of sp³-hybridized carbons (Fsp3) is 0.800. The number of rotatable bonds is 9. The highest BCUT2D eigenvalue weighted by Crippen LogP contribution is 2.25. The van der Waals surface area contributed by atoms with E-state index in [4.69, 9.17) is 8.85 Å². The number of esters is 1. The molecule has 0 saturated carbocycles. The van der Waals surface area contributed by atoms with Crippen molar-refractivity contribution in [3.8, 4) is 0 Å². The van der Waals surface area contributed by atoms with Gasteiger partial charge in [0.15, 0.2) is 16.6 Å². The third-order valence-electron chi connectivity index (χ3n) is 2.96. The van der Waals surface area contributed by atoms with E-state index in [2.05, 4.69) is 46.6 Å². The molecule has 0 fully saturated rings. The monoisotopic (exact) mass is 316 g/mol. The first-order chi connectivity index (χ1) is 8.95. The van der Waals surface area contributed by atoms with Crippen molar-refractivity contribution in [3.63, 3.8) is 0 Å². The quantitative estimate of drug-likeness (QED) is 0.270. The van der Waals surface area contributed by atoms with E-state index >= 15 is 0 Å². The minimum atomic E-state index is -1.66. The highest BCUT2D eigenvalue weighted by atomic mass is 28.4. The van der Waals surface area contributed by atoms with E-state index in [0.29, 0.717) is 18.1 Å². The number of ether oxygens (including phenoxy) is 1. The second-order valence-corrected chi connectivity index (χ2v) is 16.0. The predicted molar refractivity (Wildman–Crippen MR) is 90.9 cm³/mol. The Balaban J connectivity index is 4.13. The smallest absolute Gasteiger partial charge is 0.333 e. The van der Waals surface area contributed by atoms with Crippen molar-refractivity contribution in [3.05, 3.63) is 12.2 Å². The number of hydrogen-bond donors (Lipinski definition) is 0. The normalized spacial score (nSPS) is 12.6. The van der Waals surface area contributed by atoms with E-state index in [1.165, 1.54) is 6.04 Å². The lowest BCUT2D eigenvalue weighted by molar-refractivity contribution is -0.138. The molecule has 0 saturated heterocycles. The minimum absolute atomic E-state index is 0.292. The SMILES string of the molecule is C=C(C)C(=O)OCCC[Si](C)(C)O[Si](C)(C)CC(C)C. The fourth-order valence-electron chi connectivity index (χ4n) is 2.61. The number of carbonyl (C=O) groups is 1. The van der Waals surface area contributed by atoms with E-state index in [0.717, 1.165) is 12.5 Å². The van der Waals surface area contributed by atoms with Crippen molar-refractivity contribution in [1.29, 1.82) is 0 Å². The predicted octanol–water partition coefficient (Wildman–Crippen LogP) is 4.58. The second-order valence-electron chi connectivity index (χ2n) is 7.24. The molecule has 0 aromatic carbocycles. The van der Waals surface area contributed by atoms with Gasteiger partial charge in [-0.15, -0.1) is 0 Å². The summed E-state index contributed by atoms with van der Waals surface area (Å²) in [5.74, 6) is 0.401. The first kappa shape index (κ1) is 19.6. The molecule has 0 bridgehead atoms. The third-order valence-corrected chi connectivity index (χ3v) is 10.7. The maximum atomic E-state index is 11.3. The van der Waals surface area contributed by atoms with Crippen molar-refractivity contribution in [2.24, 2.45) is 5.92 Å². The van der Waals surface area contributed by atoms with Crippen LogP contribution in [0.4, 0.5) is 0 Å². The summed E-state index contributed by atoms with van der Waals surface area (Å²) in [4.78, 5) is 11.3. The second kappa shape index (κ2) is 8.15. The van der Waals surface area contributed by atoms with Crippen LogP contribution in [0.2, 0.25) is 38.3 Å². The molecule has 3 nitrogen and oxygen atoms in total. The van der Waals surface area contributed by atoms with Crippen molar-refractivity contribution in [2.75, 3.05) is 6.61 Å². The first-order valence-corrected chi connectivity index (χ1v) is 13.7. The van der Waals surface area contributed by atoms with Crippen LogP contribution in [-0.4, -0.2) is 29.2 Å². The Hall–Kier alpha value is -0.396. The maximum Gasteiger partial charge on any atom is 0.333 e. The lowest BCUT2D eigenvalue weighted by Crippen LogP contribution is -2.45. The summed E-state index contributed by atoms with van der Waals surface area (Å²) in [6, 6.07) is 2.24. The molecule has 0 aliphatic rings. The zero-order valence-electron chi connectivity index (χ0n) is 14.3. The van der Waals surface area contributed by atoms with Gasteiger partial charge >= 0.3 is 5.97 Å². The summed E-state index contributed by atoms with van der Waals surface area (Å²) in [5, 5.41) is 0. The summed E-state index contributed by atoms with van der Waals surface area (Å²) >= 11 is 0. The minimum Gasteiger partial charge on any atom is -0.462 e. The fourth-order valence-corrected chi connectivity index (χ4v) is 12.3. The van der Waals surface area contributed by atoms with E-state index in [9.17, 15) is 4.79 Å². The van der Waals surface area contributed by atoms with Crippen molar-refractivity contribution in [1.82, 2.24) is 0 Å². The Morgan fingerprint density at radius 3 is 2.15 bits per heavy atom. The maximum absolute atomic E-state index is 11.3. The van der Waals surface area contributed by atoms with E-state index in [-0.39, 0.29) is 5.97 Å². The Bertz CT molecular complexity index is 336. The van der Waals surface area contributed by atoms with Gasteiger partial charge in [-0.05, 0) is 57.5 Å². The Morgan fingerprint density at radius 1 is 1.15 bits per heavy atom. The Morgan fingerprint density at radius 2 is 1.70 bits per heavy atom. The average Bonchev–Trinajstić information content (AvgIpc) is 2.19. The van der Waals surface area contributed by atoms with Crippen molar-refractivity contribution >= 4 is 22.6 Å². The van der Waals surface area contributed by atoms with Crippen molar-refractivity contribution in [2.45, 2.75) is 65.5 Å². The zero-order valence-corrected chi connectivity index (χ0v) is 16.3. The van der Waals surface area contributed by atoms with Gasteiger partial charge in [0.05, 0.1) is 6.61 Å². The molecule has 0 rings (SSSR count). The number of hydrogen-bond acceptors (Lipinski definition) is 3. The average molecular weight is 317 g/mol. The molecule has 20 heavy (non-hydrogen) atoms. The van der Waals surface area contributed by atoms with Crippen LogP contribution in [0.1, 0.15) is 27.2 Å². The molecule has 0 heterocycles. The molecule has 0 aromatic rings. The molecule has 118 valence electrons. The van der Waals surface area contributed by atoms with Crippen LogP contribution in [0.25, 0.3) is 0 Å². The van der Waals surface area contributed by atoms with Gasteiger partial charge in [0, 0.05) is 5.57 Å². The van der Waals surface area contributed by atoms with Crippen LogP contribution in [0, 0.1) is 5.92 Å². The van der Waals surface area contributed by atoms with E-state index < -0.39 is 16.6 Å². The van der Waals surface area contributed by atoms with Crippen LogP contribution < -0.4 is 0 Å². The molecular formula is C15H32O3Si2. The molecule has 0 radical (unpaired) electrons. The van der Waals surface area contributed by atoms with E-state index in [1.807, 2.05) is 0 Å². The van der Waals surface area contributed by atoms with Crippen LogP contribution >= 0.6 is 0 Å². The van der Waals surface area contributed by atoms with Gasteiger partial charge in [-0.25, -0.2) is 4.79 Å². The Kier molecular flexibility index (Phi) is 7.98. The standard InChI is InChI=1S/C15H32O3Si2/c1-13(2)12-20(7,8)18-19(5,6)11-9-10-17-15(16)14(3)4/h13H,3,9-12H2,1-2,4-8H3. The molecule has 0 spiro atoms. The third kappa shape index (κ3) is 9.50. The molecule has 0 aromatic heterocycles. The summed E-state index contributed by atoms with van der Waals surface area (Å²) in [6.45, 7) is 19.4. The molecule has 5 heteroatoms. The molecule has 0 unspecified atom stereocenters. The van der Waals surface area contributed by atoms with Gasteiger partial charge < -0.3 is 8.85 Å². The highest BCUT2D eigenvalue weighted by Gasteiger charge is 2.33. The van der Waals surface area contributed by atoms with Crippen molar-refractivity contribution < 1.29 is 13.6 Å². The molecule has 0 atom stereocenters. The summed E-state index contributed by atoms with van der Waals surface area (Å²) in [7, 11) is -3.22. The van der Waals surface area contributed by atoms with Crippen LogP contribution in [0.5, 0.6) is 0 Å². The largest absolute Gasteiger partial charge is 0.462 e. The first-order valence-electron chi connectivity index (χ1n) is 7.48. The van der Waals surface area contributed by atoms with E-state index in [1.54, 1.807) is 6.92 Å². The van der Waals surface area contributed by atoms with Gasteiger partial charge in [-0.1, -0.05) is 20.4 Å². The van der Waals surface area contributed by atoms with Crippen LogP contribution in [0.3, 0.4) is 0 Å². The van der Waals surface area contributed by atoms with Gasteiger partial charge in [-0.2, -0.15) is 0 Å². The van der Waals surface area contributed by atoms with Gasteiger partial charge in [0.1, 0.15) is 0 Å².